The van der Waals surface area contributed by atoms with Crippen molar-refractivity contribution in [2.24, 2.45) is 5.92 Å². The van der Waals surface area contributed by atoms with Crippen LogP contribution >= 0.6 is 0 Å². The van der Waals surface area contributed by atoms with E-state index in [1.165, 1.54) is 6.42 Å². The van der Waals surface area contributed by atoms with Crippen molar-refractivity contribution in [2.45, 2.75) is 45.6 Å². The number of ether oxygens (including phenoxy) is 1. The largest absolute Gasteiger partial charge is 0.464 e. The molecule has 0 spiro atoms. The third-order valence-corrected chi connectivity index (χ3v) is 2.72. The average molecular weight is 213 g/mol. The van der Waals surface area contributed by atoms with Crippen LogP contribution in [0.3, 0.4) is 0 Å². The van der Waals surface area contributed by atoms with Gasteiger partial charge in [0.05, 0.1) is 6.61 Å². The summed E-state index contributed by atoms with van der Waals surface area (Å²) in [5.74, 6) is 0.124. The van der Waals surface area contributed by atoms with Gasteiger partial charge in [-0.15, -0.1) is 0 Å². The zero-order valence-corrected chi connectivity index (χ0v) is 9.41. The Morgan fingerprint density at radius 3 is 2.60 bits per heavy atom. The second-order valence-electron chi connectivity index (χ2n) is 4.04. The van der Waals surface area contributed by atoms with Crippen LogP contribution in [0.5, 0.6) is 0 Å². The average Bonchev–Trinajstić information content (AvgIpc) is 2.12. The summed E-state index contributed by atoms with van der Waals surface area (Å²) in [6.07, 6.45) is 4.05. The Hall–Kier alpha value is -1.06. The van der Waals surface area contributed by atoms with Gasteiger partial charge in [0, 0.05) is 6.42 Å². The van der Waals surface area contributed by atoms with E-state index in [1.54, 1.807) is 13.8 Å². The number of hydrogen-bond donors (Lipinski definition) is 1. The molecule has 1 unspecified atom stereocenters. The number of rotatable bonds is 5. The van der Waals surface area contributed by atoms with Crippen molar-refractivity contribution in [3.63, 3.8) is 0 Å². The Kier molecular flexibility index (Phi) is 4.59. The molecule has 1 aliphatic rings. The molecule has 1 fully saturated rings. The Morgan fingerprint density at radius 1 is 1.47 bits per heavy atom. The van der Waals surface area contributed by atoms with E-state index in [2.05, 4.69) is 5.32 Å². The van der Waals surface area contributed by atoms with Crippen LogP contribution in [0.15, 0.2) is 0 Å². The SMILES string of the molecule is CCOC(=O)C(C)NC(=O)CC1CCC1. The van der Waals surface area contributed by atoms with E-state index in [4.69, 9.17) is 4.74 Å². The molecule has 0 heterocycles. The highest BCUT2D eigenvalue weighted by Gasteiger charge is 2.23. The maximum absolute atomic E-state index is 11.4. The summed E-state index contributed by atoms with van der Waals surface area (Å²) < 4.78 is 4.80. The molecule has 1 amide bonds. The molecule has 1 rings (SSSR count). The molecule has 4 heteroatoms. The van der Waals surface area contributed by atoms with Crippen molar-refractivity contribution in [3.8, 4) is 0 Å². The third kappa shape index (κ3) is 3.90. The van der Waals surface area contributed by atoms with Crippen LogP contribution in [0.4, 0.5) is 0 Å². The Morgan fingerprint density at radius 2 is 2.13 bits per heavy atom. The van der Waals surface area contributed by atoms with E-state index in [1.807, 2.05) is 0 Å². The smallest absolute Gasteiger partial charge is 0.328 e. The van der Waals surface area contributed by atoms with Crippen molar-refractivity contribution in [1.29, 1.82) is 0 Å². The van der Waals surface area contributed by atoms with E-state index in [-0.39, 0.29) is 11.9 Å². The van der Waals surface area contributed by atoms with Gasteiger partial charge in [-0.05, 0) is 32.6 Å². The highest BCUT2D eigenvalue weighted by atomic mass is 16.5. The molecule has 0 aromatic carbocycles. The third-order valence-electron chi connectivity index (χ3n) is 2.72. The van der Waals surface area contributed by atoms with Crippen LogP contribution < -0.4 is 5.32 Å². The number of hydrogen-bond acceptors (Lipinski definition) is 3. The van der Waals surface area contributed by atoms with Crippen LogP contribution in [-0.2, 0) is 14.3 Å². The molecule has 1 saturated carbocycles. The first-order valence-electron chi connectivity index (χ1n) is 5.59. The molecule has 0 bridgehead atoms. The van der Waals surface area contributed by atoms with Gasteiger partial charge in [-0.3, -0.25) is 4.79 Å². The number of carbonyl (C=O) groups is 2. The van der Waals surface area contributed by atoms with Gasteiger partial charge in [0.1, 0.15) is 6.04 Å². The molecule has 86 valence electrons. The van der Waals surface area contributed by atoms with Gasteiger partial charge in [0.2, 0.25) is 5.91 Å². The lowest BCUT2D eigenvalue weighted by Gasteiger charge is -2.25. The second kappa shape index (κ2) is 5.73. The summed E-state index contributed by atoms with van der Waals surface area (Å²) in [6.45, 7) is 3.75. The van der Waals surface area contributed by atoms with Crippen molar-refractivity contribution >= 4 is 11.9 Å². The fourth-order valence-corrected chi connectivity index (χ4v) is 1.59. The number of nitrogens with one attached hydrogen (secondary N) is 1. The standard InChI is InChI=1S/C11H19NO3/c1-3-15-11(14)8(2)12-10(13)7-9-5-4-6-9/h8-9H,3-7H2,1-2H3,(H,12,13). The molecule has 0 aromatic heterocycles. The lowest BCUT2D eigenvalue weighted by molar-refractivity contribution is -0.147. The van der Waals surface area contributed by atoms with E-state index in [9.17, 15) is 9.59 Å². The number of amides is 1. The first-order chi connectivity index (χ1) is 7.13. The normalized spacial score (nSPS) is 17.7. The van der Waals surface area contributed by atoms with Crippen LogP contribution in [0.25, 0.3) is 0 Å². The van der Waals surface area contributed by atoms with Gasteiger partial charge in [0.15, 0.2) is 0 Å². The second-order valence-corrected chi connectivity index (χ2v) is 4.04. The van der Waals surface area contributed by atoms with Gasteiger partial charge in [-0.1, -0.05) is 6.42 Å². The zero-order valence-electron chi connectivity index (χ0n) is 9.41. The van der Waals surface area contributed by atoms with E-state index in [0.29, 0.717) is 18.9 Å². The van der Waals surface area contributed by atoms with E-state index < -0.39 is 6.04 Å². The molecular weight excluding hydrogens is 194 g/mol. The Bertz CT molecular complexity index is 236. The predicted octanol–water partition coefficient (Wildman–Crippen LogP) is 1.24. The number of carbonyl (C=O) groups excluding carboxylic acids is 2. The molecular formula is C11H19NO3. The predicted molar refractivity (Wildman–Crippen MR) is 56.2 cm³/mol. The lowest BCUT2D eigenvalue weighted by atomic mass is 9.83. The topological polar surface area (TPSA) is 55.4 Å². The summed E-state index contributed by atoms with van der Waals surface area (Å²) in [4.78, 5) is 22.7. The zero-order chi connectivity index (χ0) is 11.3. The quantitative estimate of drug-likeness (QED) is 0.699. The van der Waals surface area contributed by atoms with Gasteiger partial charge in [-0.2, -0.15) is 0 Å². The summed E-state index contributed by atoms with van der Waals surface area (Å²) in [5, 5.41) is 2.65. The molecule has 1 N–H and O–H groups in total. The van der Waals surface area contributed by atoms with Crippen LogP contribution in [0, 0.1) is 5.92 Å². The summed E-state index contributed by atoms with van der Waals surface area (Å²) in [5.41, 5.74) is 0. The van der Waals surface area contributed by atoms with E-state index in [0.717, 1.165) is 12.8 Å². The monoisotopic (exact) mass is 213 g/mol. The fourth-order valence-electron chi connectivity index (χ4n) is 1.59. The minimum Gasteiger partial charge on any atom is -0.464 e. The first-order valence-corrected chi connectivity index (χ1v) is 5.59. The molecule has 0 aromatic rings. The van der Waals surface area contributed by atoms with Gasteiger partial charge >= 0.3 is 5.97 Å². The Labute approximate surface area is 90.4 Å². The highest BCUT2D eigenvalue weighted by Crippen LogP contribution is 2.29. The minimum atomic E-state index is -0.530. The van der Waals surface area contributed by atoms with Crippen molar-refractivity contribution in [1.82, 2.24) is 5.32 Å². The highest BCUT2D eigenvalue weighted by molar-refractivity contribution is 5.84. The molecule has 4 nitrogen and oxygen atoms in total. The van der Waals surface area contributed by atoms with Gasteiger partial charge in [0.25, 0.3) is 0 Å². The molecule has 0 aliphatic heterocycles. The maximum atomic E-state index is 11.4. The van der Waals surface area contributed by atoms with Crippen molar-refractivity contribution in [2.75, 3.05) is 6.61 Å². The molecule has 1 aliphatic carbocycles. The van der Waals surface area contributed by atoms with Gasteiger partial charge in [-0.25, -0.2) is 4.79 Å². The molecule has 0 saturated heterocycles. The molecule has 15 heavy (non-hydrogen) atoms. The fraction of sp³-hybridized carbons (Fsp3) is 0.818. The first kappa shape index (κ1) is 12.0. The van der Waals surface area contributed by atoms with Crippen molar-refractivity contribution < 1.29 is 14.3 Å². The lowest BCUT2D eigenvalue weighted by Crippen LogP contribution is -2.40. The molecule has 1 atom stereocenters. The minimum absolute atomic E-state index is 0.0414. The van der Waals surface area contributed by atoms with Crippen LogP contribution in [0.2, 0.25) is 0 Å². The number of esters is 1. The van der Waals surface area contributed by atoms with Crippen LogP contribution in [-0.4, -0.2) is 24.5 Å². The van der Waals surface area contributed by atoms with Crippen molar-refractivity contribution in [3.05, 3.63) is 0 Å². The summed E-state index contributed by atoms with van der Waals surface area (Å²) in [7, 11) is 0. The Balaban J connectivity index is 2.20. The summed E-state index contributed by atoms with van der Waals surface area (Å²) >= 11 is 0. The molecule has 0 radical (unpaired) electrons. The maximum Gasteiger partial charge on any atom is 0.328 e. The van der Waals surface area contributed by atoms with Crippen LogP contribution in [0.1, 0.15) is 39.5 Å². The summed E-state index contributed by atoms with van der Waals surface area (Å²) in [6, 6.07) is -0.530. The van der Waals surface area contributed by atoms with E-state index >= 15 is 0 Å². The van der Waals surface area contributed by atoms with Gasteiger partial charge < -0.3 is 10.1 Å².